The maximum atomic E-state index is 12.2. The lowest BCUT2D eigenvalue weighted by atomic mass is 10.1. The third-order valence-electron chi connectivity index (χ3n) is 4.71. The Kier molecular flexibility index (Phi) is 5.68. The van der Waals surface area contributed by atoms with Gasteiger partial charge in [-0.05, 0) is 42.2 Å². The lowest BCUT2D eigenvalue weighted by Crippen LogP contribution is -2.32. The van der Waals surface area contributed by atoms with Crippen LogP contribution in [0.15, 0.2) is 66.9 Å². The van der Waals surface area contributed by atoms with Crippen molar-refractivity contribution in [3.63, 3.8) is 0 Å². The Morgan fingerprint density at radius 1 is 1.11 bits per heavy atom. The minimum atomic E-state index is -0.193. The number of nitrogens with one attached hydrogen (secondary N) is 1. The lowest BCUT2D eigenvalue weighted by molar-refractivity contribution is 0.0852. The second-order valence-corrected chi connectivity index (χ2v) is 6.75. The van der Waals surface area contributed by atoms with Gasteiger partial charge in [-0.25, -0.2) is 4.68 Å². The maximum Gasteiger partial charge on any atom is 0.271 e. The van der Waals surface area contributed by atoms with E-state index in [0.717, 1.165) is 30.8 Å². The zero-order valence-electron chi connectivity index (χ0n) is 15.6. The van der Waals surface area contributed by atoms with Gasteiger partial charge < -0.3 is 14.8 Å². The molecule has 0 saturated carbocycles. The molecule has 28 heavy (non-hydrogen) atoms. The van der Waals surface area contributed by atoms with Gasteiger partial charge in [-0.2, -0.15) is 5.10 Å². The fourth-order valence-electron chi connectivity index (χ4n) is 3.17. The molecular formula is C22H23N3O3. The summed E-state index contributed by atoms with van der Waals surface area (Å²) in [4.78, 5) is 12.2. The van der Waals surface area contributed by atoms with Crippen LogP contribution in [0, 0.1) is 0 Å². The monoisotopic (exact) mass is 377 g/mol. The van der Waals surface area contributed by atoms with Crippen LogP contribution in [-0.4, -0.2) is 34.9 Å². The molecule has 2 aromatic carbocycles. The van der Waals surface area contributed by atoms with Gasteiger partial charge in [0.05, 0.1) is 6.10 Å². The van der Waals surface area contributed by atoms with E-state index >= 15 is 0 Å². The number of hydrogen-bond acceptors (Lipinski definition) is 4. The molecule has 3 aromatic rings. The van der Waals surface area contributed by atoms with Crippen molar-refractivity contribution in [2.45, 2.75) is 25.7 Å². The van der Waals surface area contributed by atoms with Crippen molar-refractivity contribution in [2.75, 3.05) is 13.2 Å². The molecule has 1 aliphatic rings. The van der Waals surface area contributed by atoms with Crippen LogP contribution in [0.1, 0.15) is 23.3 Å². The standard InChI is InChI=1S/C22H23N3O3/c26-22(23-15-20-7-4-14-27-20)21-12-13-25(24-21)16-28-19-10-8-18(9-11-19)17-5-2-1-3-6-17/h1-3,5-6,8-13,20H,4,7,14-16H2,(H,23,26). The number of carbonyl (C=O) groups is 1. The van der Waals surface area contributed by atoms with Crippen molar-refractivity contribution in [1.82, 2.24) is 15.1 Å². The Morgan fingerprint density at radius 2 is 1.89 bits per heavy atom. The number of benzene rings is 2. The number of hydrogen-bond donors (Lipinski definition) is 1. The Balaban J connectivity index is 1.28. The van der Waals surface area contributed by atoms with Crippen LogP contribution < -0.4 is 10.1 Å². The van der Waals surface area contributed by atoms with Gasteiger partial charge in [0.2, 0.25) is 0 Å². The highest BCUT2D eigenvalue weighted by atomic mass is 16.5. The molecule has 0 spiro atoms. The molecule has 1 unspecified atom stereocenters. The molecule has 1 atom stereocenters. The summed E-state index contributed by atoms with van der Waals surface area (Å²) >= 11 is 0. The third-order valence-corrected chi connectivity index (χ3v) is 4.71. The summed E-state index contributed by atoms with van der Waals surface area (Å²) in [5.74, 6) is 0.557. The van der Waals surface area contributed by atoms with Gasteiger partial charge >= 0.3 is 0 Å². The van der Waals surface area contributed by atoms with Crippen LogP contribution in [0.25, 0.3) is 11.1 Å². The molecule has 2 heterocycles. The van der Waals surface area contributed by atoms with Gasteiger partial charge in [-0.1, -0.05) is 42.5 Å². The summed E-state index contributed by atoms with van der Waals surface area (Å²) < 4.78 is 12.9. The second kappa shape index (κ2) is 8.71. The Bertz CT molecular complexity index is 900. The molecule has 1 N–H and O–H groups in total. The molecule has 1 amide bonds. The number of aromatic nitrogens is 2. The average molecular weight is 377 g/mol. The second-order valence-electron chi connectivity index (χ2n) is 6.75. The van der Waals surface area contributed by atoms with E-state index in [9.17, 15) is 4.79 Å². The Morgan fingerprint density at radius 3 is 2.64 bits per heavy atom. The largest absolute Gasteiger partial charge is 0.471 e. The molecule has 1 saturated heterocycles. The number of rotatable bonds is 7. The van der Waals surface area contributed by atoms with Crippen LogP contribution >= 0.6 is 0 Å². The summed E-state index contributed by atoms with van der Waals surface area (Å²) in [5.41, 5.74) is 2.68. The van der Waals surface area contributed by atoms with Crippen molar-refractivity contribution in [2.24, 2.45) is 0 Å². The quantitative estimate of drug-likeness (QED) is 0.684. The van der Waals surface area contributed by atoms with Gasteiger partial charge in [-0.3, -0.25) is 4.79 Å². The van der Waals surface area contributed by atoms with Crippen LogP contribution in [0.2, 0.25) is 0 Å². The third kappa shape index (κ3) is 4.58. The van der Waals surface area contributed by atoms with Gasteiger partial charge in [0.15, 0.2) is 6.73 Å². The van der Waals surface area contributed by atoms with E-state index in [0.29, 0.717) is 12.2 Å². The summed E-state index contributed by atoms with van der Waals surface area (Å²) in [6.07, 6.45) is 3.90. The fraction of sp³-hybridized carbons (Fsp3) is 0.273. The van der Waals surface area contributed by atoms with Crippen molar-refractivity contribution in [3.05, 3.63) is 72.6 Å². The molecule has 1 aliphatic heterocycles. The Hall–Kier alpha value is -3.12. The molecule has 1 fully saturated rings. The Labute approximate surface area is 164 Å². The van der Waals surface area contributed by atoms with Gasteiger partial charge in [0.1, 0.15) is 11.4 Å². The molecule has 0 aliphatic carbocycles. The number of ether oxygens (including phenoxy) is 2. The van der Waals surface area contributed by atoms with Crippen LogP contribution in [0.5, 0.6) is 5.75 Å². The summed E-state index contributed by atoms with van der Waals surface area (Å²) in [6, 6.07) is 19.8. The minimum Gasteiger partial charge on any atom is -0.471 e. The predicted octanol–water partition coefficient (Wildman–Crippen LogP) is 3.50. The summed E-state index contributed by atoms with van der Waals surface area (Å²) in [7, 11) is 0. The molecule has 0 bridgehead atoms. The minimum absolute atomic E-state index is 0.119. The molecule has 4 rings (SSSR count). The van der Waals surface area contributed by atoms with Crippen molar-refractivity contribution in [3.8, 4) is 16.9 Å². The van der Waals surface area contributed by atoms with E-state index in [-0.39, 0.29) is 18.7 Å². The summed E-state index contributed by atoms with van der Waals surface area (Å²) in [6.45, 7) is 1.54. The van der Waals surface area contributed by atoms with Gasteiger partial charge in [0.25, 0.3) is 5.91 Å². The summed E-state index contributed by atoms with van der Waals surface area (Å²) in [5, 5.41) is 7.14. The van der Waals surface area contributed by atoms with Crippen LogP contribution in [0.4, 0.5) is 0 Å². The SMILES string of the molecule is O=C(NCC1CCCO1)c1ccn(COc2ccc(-c3ccccc3)cc2)n1. The van der Waals surface area contributed by atoms with E-state index < -0.39 is 0 Å². The van der Waals surface area contributed by atoms with E-state index in [4.69, 9.17) is 9.47 Å². The zero-order valence-corrected chi connectivity index (χ0v) is 15.6. The van der Waals surface area contributed by atoms with Gasteiger partial charge in [0, 0.05) is 19.3 Å². The zero-order chi connectivity index (χ0) is 19.2. The smallest absolute Gasteiger partial charge is 0.271 e. The molecule has 6 heteroatoms. The van der Waals surface area contributed by atoms with Crippen LogP contribution in [-0.2, 0) is 11.5 Å². The number of nitrogens with zero attached hydrogens (tertiary/aromatic N) is 2. The maximum absolute atomic E-state index is 12.2. The van der Waals surface area contributed by atoms with Crippen LogP contribution in [0.3, 0.4) is 0 Å². The first-order chi connectivity index (χ1) is 13.8. The number of amides is 1. The molecule has 6 nitrogen and oxygen atoms in total. The predicted molar refractivity (Wildman–Crippen MR) is 106 cm³/mol. The van der Waals surface area contributed by atoms with E-state index in [1.54, 1.807) is 16.9 Å². The molecule has 0 radical (unpaired) electrons. The lowest BCUT2D eigenvalue weighted by Gasteiger charge is -2.09. The van der Waals surface area contributed by atoms with Crippen molar-refractivity contribution >= 4 is 5.91 Å². The molecule has 144 valence electrons. The van der Waals surface area contributed by atoms with E-state index in [2.05, 4.69) is 22.5 Å². The van der Waals surface area contributed by atoms with Gasteiger partial charge in [-0.15, -0.1) is 0 Å². The number of carbonyl (C=O) groups excluding carboxylic acids is 1. The van der Waals surface area contributed by atoms with Crippen molar-refractivity contribution < 1.29 is 14.3 Å². The highest BCUT2D eigenvalue weighted by Gasteiger charge is 2.17. The normalized spacial score (nSPS) is 16.1. The topological polar surface area (TPSA) is 65.4 Å². The van der Waals surface area contributed by atoms with Crippen molar-refractivity contribution in [1.29, 1.82) is 0 Å². The fourth-order valence-corrected chi connectivity index (χ4v) is 3.17. The highest BCUT2D eigenvalue weighted by molar-refractivity contribution is 5.92. The van der Waals surface area contributed by atoms with E-state index in [1.165, 1.54) is 5.56 Å². The first-order valence-corrected chi connectivity index (χ1v) is 9.49. The molecule has 1 aromatic heterocycles. The first kappa shape index (κ1) is 18.3. The average Bonchev–Trinajstić information content (AvgIpc) is 3.44. The molecular weight excluding hydrogens is 354 g/mol. The van der Waals surface area contributed by atoms with E-state index in [1.807, 2.05) is 42.5 Å². The first-order valence-electron chi connectivity index (χ1n) is 9.49. The highest BCUT2D eigenvalue weighted by Crippen LogP contribution is 2.22.